The van der Waals surface area contributed by atoms with Crippen LogP contribution in [0.5, 0.6) is 0 Å². The van der Waals surface area contributed by atoms with Crippen LogP contribution in [0.2, 0.25) is 0 Å². The van der Waals surface area contributed by atoms with Gasteiger partial charge in [-0.15, -0.1) is 0 Å². The molecule has 0 aliphatic rings. The molecule has 2 heterocycles. The third kappa shape index (κ3) is 1.76. The van der Waals surface area contributed by atoms with E-state index in [9.17, 15) is 0 Å². The van der Waals surface area contributed by atoms with Gasteiger partial charge in [0.2, 0.25) is 0 Å². The number of aromatic nitrogens is 4. The van der Waals surface area contributed by atoms with Crippen LogP contribution in [0.4, 0.5) is 0 Å². The van der Waals surface area contributed by atoms with E-state index in [0.29, 0.717) is 0 Å². The molecule has 0 aliphatic heterocycles. The Balaban J connectivity index is 1.93. The van der Waals surface area contributed by atoms with E-state index in [2.05, 4.69) is 57.3 Å². The monoisotopic (exact) mass is 338 g/mol. The average molecular weight is 338 g/mol. The van der Waals surface area contributed by atoms with Crippen LogP contribution in [-0.4, -0.2) is 18.7 Å². The zero-order valence-corrected chi connectivity index (χ0v) is 13.8. The second-order valence-electron chi connectivity index (χ2n) is 6.11. The fourth-order valence-electron chi connectivity index (χ4n) is 3.56. The molecule has 0 saturated carbocycles. The molecule has 6 rings (SSSR count). The molecule has 25 heavy (non-hydrogen) atoms. The molecule has 0 atom stereocenters. The Morgan fingerprint density at radius 1 is 0.520 bits per heavy atom. The van der Waals surface area contributed by atoms with E-state index in [1.54, 1.807) is 0 Å². The highest BCUT2D eigenvalue weighted by Gasteiger charge is 2.12. The molecule has 0 bridgehead atoms. The van der Waals surface area contributed by atoms with Crippen LogP contribution in [0.15, 0.2) is 60.7 Å². The molecule has 0 unspecified atom stereocenters. The van der Waals surface area contributed by atoms with E-state index < -0.39 is 0 Å². The largest absolute Gasteiger partial charge is 0.244 e. The summed E-state index contributed by atoms with van der Waals surface area (Å²) < 4.78 is 8.65. The Hall–Kier alpha value is -3.18. The molecule has 2 aromatic heterocycles. The molecule has 4 nitrogen and oxygen atoms in total. The lowest BCUT2D eigenvalue weighted by molar-refractivity contribution is 1.42. The molecule has 0 saturated heterocycles. The first-order chi connectivity index (χ1) is 12.4. The minimum atomic E-state index is 0.855. The Morgan fingerprint density at radius 2 is 0.960 bits per heavy atom. The molecule has 5 heteroatoms. The van der Waals surface area contributed by atoms with E-state index in [1.807, 2.05) is 12.1 Å². The molecular formula is C20H10N4S. The van der Waals surface area contributed by atoms with Crippen molar-refractivity contribution < 1.29 is 0 Å². The number of hydrogen-bond donors (Lipinski definition) is 0. The van der Waals surface area contributed by atoms with Gasteiger partial charge in [-0.25, -0.2) is 9.97 Å². The van der Waals surface area contributed by atoms with Crippen molar-refractivity contribution in [1.29, 1.82) is 0 Å². The molecule has 0 spiro atoms. The molecule has 0 fully saturated rings. The van der Waals surface area contributed by atoms with Crippen LogP contribution in [0.3, 0.4) is 0 Å². The van der Waals surface area contributed by atoms with Gasteiger partial charge in [-0.2, -0.15) is 8.75 Å². The summed E-state index contributed by atoms with van der Waals surface area (Å²) in [6.07, 6.45) is 0. The third-order valence-corrected chi connectivity index (χ3v) is 5.25. The highest BCUT2D eigenvalue weighted by atomic mass is 32.1. The quantitative estimate of drug-likeness (QED) is 0.286. The van der Waals surface area contributed by atoms with Gasteiger partial charge in [0.25, 0.3) is 0 Å². The van der Waals surface area contributed by atoms with Crippen molar-refractivity contribution in [3.05, 3.63) is 60.7 Å². The summed E-state index contributed by atoms with van der Waals surface area (Å²) in [4.78, 5) is 9.92. The Labute approximate surface area is 146 Å². The van der Waals surface area contributed by atoms with Crippen molar-refractivity contribution in [2.75, 3.05) is 0 Å². The van der Waals surface area contributed by atoms with Crippen molar-refractivity contribution in [3.63, 3.8) is 0 Å². The third-order valence-electron chi connectivity index (χ3n) is 4.69. The smallest absolute Gasteiger partial charge is 0.107 e. The molecule has 4 aromatic carbocycles. The standard InChI is InChI=1S/C20H10N4S/c1-3-7-13-11(5-1)12-6-2-4-8-14(12)20-19(13)21-15-9-17-18(24-25-23-17)10-16(15)22-20/h1-10H. The minimum Gasteiger partial charge on any atom is -0.244 e. The predicted octanol–water partition coefficient (Wildman–Crippen LogP) is 5.09. The molecule has 116 valence electrons. The van der Waals surface area contributed by atoms with Gasteiger partial charge in [0.15, 0.2) is 0 Å². The first-order valence-corrected chi connectivity index (χ1v) is 8.75. The SMILES string of the molecule is c1ccc2c(c1)c1ccccc1c1nc3cc4nsnc4cc3nc21. The van der Waals surface area contributed by atoms with Crippen molar-refractivity contribution in [3.8, 4) is 0 Å². The summed E-state index contributed by atoms with van der Waals surface area (Å²) in [6, 6.07) is 20.7. The fraction of sp³-hybridized carbons (Fsp3) is 0. The summed E-state index contributed by atoms with van der Waals surface area (Å²) in [6.45, 7) is 0. The fourth-order valence-corrected chi connectivity index (χ4v) is 4.07. The Morgan fingerprint density at radius 3 is 1.44 bits per heavy atom. The van der Waals surface area contributed by atoms with Crippen LogP contribution >= 0.6 is 11.7 Å². The highest BCUT2D eigenvalue weighted by Crippen LogP contribution is 2.34. The number of hydrogen-bond acceptors (Lipinski definition) is 5. The van der Waals surface area contributed by atoms with Gasteiger partial charge in [0, 0.05) is 10.8 Å². The van der Waals surface area contributed by atoms with Gasteiger partial charge >= 0.3 is 0 Å². The van der Waals surface area contributed by atoms with Gasteiger partial charge in [-0.05, 0) is 22.9 Å². The summed E-state index contributed by atoms with van der Waals surface area (Å²) >= 11 is 1.22. The summed E-state index contributed by atoms with van der Waals surface area (Å²) in [5.41, 5.74) is 5.32. The van der Waals surface area contributed by atoms with Crippen molar-refractivity contribution >= 4 is 66.4 Å². The second kappa shape index (κ2) is 4.68. The summed E-state index contributed by atoms with van der Waals surface area (Å²) in [7, 11) is 0. The van der Waals surface area contributed by atoms with Crippen LogP contribution in [0.1, 0.15) is 0 Å². The molecule has 0 amide bonds. The lowest BCUT2D eigenvalue weighted by Crippen LogP contribution is -1.91. The van der Waals surface area contributed by atoms with Gasteiger partial charge in [-0.3, -0.25) is 0 Å². The first-order valence-electron chi connectivity index (χ1n) is 8.02. The van der Waals surface area contributed by atoms with Gasteiger partial charge in [0.1, 0.15) is 11.0 Å². The average Bonchev–Trinajstić information content (AvgIpc) is 3.12. The minimum absolute atomic E-state index is 0.855. The molecular weight excluding hydrogens is 328 g/mol. The normalized spacial score (nSPS) is 12.0. The maximum absolute atomic E-state index is 4.96. The van der Waals surface area contributed by atoms with Gasteiger partial charge < -0.3 is 0 Å². The summed E-state index contributed by atoms with van der Waals surface area (Å²) in [5, 5.41) is 4.66. The van der Waals surface area contributed by atoms with Crippen molar-refractivity contribution in [2.45, 2.75) is 0 Å². The zero-order valence-electron chi connectivity index (χ0n) is 13.0. The molecule has 0 radical (unpaired) electrons. The number of nitrogens with zero attached hydrogens (tertiary/aromatic N) is 4. The first kappa shape index (κ1) is 13.1. The van der Waals surface area contributed by atoms with E-state index >= 15 is 0 Å². The van der Waals surface area contributed by atoms with Crippen LogP contribution in [-0.2, 0) is 0 Å². The molecule has 0 aliphatic carbocycles. The number of benzene rings is 4. The van der Waals surface area contributed by atoms with Crippen LogP contribution < -0.4 is 0 Å². The predicted molar refractivity (Wildman–Crippen MR) is 103 cm³/mol. The van der Waals surface area contributed by atoms with E-state index in [0.717, 1.165) is 43.9 Å². The topological polar surface area (TPSA) is 51.6 Å². The maximum Gasteiger partial charge on any atom is 0.107 e. The lowest BCUT2D eigenvalue weighted by atomic mass is 9.99. The Kier molecular flexibility index (Phi) is 2.46. The van der Waals surface area contributed by atoms with E-state index in [4.69, 9.17) is 9.97 Å². The second-order valence-corrected chi connectivity index (χ2v) is 6.63. The number of rotatable bonds is 0. The van der Waals surface area contributed by atoms with Crippen molar-refractivity contribution in [2.24, 2.45) is 0 Å². The van der Waals surface area contributed by atoms with E-state index in [1.165, 1.54) is 22.5 Å². The van der Waals surface area contributed by atoms with Crippen LogP contribution in [0, 0.1) is 0 Å². The molecule has 0 N–H and O–H groups in total. The molecule has 6 aromatic rings. The van der Waals surface area contributed by atoms with Crippen molar-refractivity contribution in [1.82, 2.24) is 18.7 Å². The zero-order chi connectivity index (χ0) is 16.4. The Bertz CT molecular complexity index is 1340. The highest BCUT2D eigenvalue weighted by molar-refractivity contribution is 7.00. The van der Waals surface area contributed by atoms with Gasteiger partial charge in [0.05, 0.1) is 33.8 Å². The van der Waals surface area contributed by atoms with E-state index in [-0.39, 0.29) is 0 Å². The number of fused-ring (bicyclic) bond motifs is 8. The summed E-state index contributed by atoms with van der Waals surface area (Å²) in [5.74, 6) is 0. The van der Waals surface area contributed by atoms with Gasteiger partial charge in [-0.1, -0.05) is 48.5 Å². The van der Waals surface area contributed by atoms with Crippen LogP contribution in [0.25, 0.3) is 54.6 Å². The maximum atomic E-state index is 4.96. The lowest BCUT2D eigenvalue weighted by Gasteiger charge is -2.09.